The van der Waals surface area contributed by atoms with Crippen LogP contribution in [0.2, 0.25) is 5.02 Å². The Bertz CT molecular complexity index is 1210. The van der Waals surface area contributed by atoms with Gasteiger partial charge in [0.2, 0.25) is 5.91 Å². The van der Waals surface area contributed by atoms with Gasteiger partial charge in [0, 0.05) is 5.92 Å². The zero-order chi connectivity index (χ0) is 25.4. The van der Waals surface area contributed by atoms with Crippen LogP contribution in [0, 0.1) is 28.5 Å². The molecule has 1 amide bonds. The van der Waals surface area contributed by atoms with E-state index in [2.05, 4.69) is 10.6 Å². The zero-order valence-corrected chi connectivity index (χ0v) is 17.4. The molecule has 1 heterocycles. The Balaban J connectivity index is 1.92. The highest BCUT2D eigenvalue weighted by Gasteiger charge is 2.52. The standard InChI is InChI=1S/C21H12ClF7N4O/c22-16-11(8-31)3-4-14(17(16)23)33-19(34)15-6-12(18(32-15)21(27,28)29)9-1-2-10(7-30)13(5-9)20(24,25)26/h1-5,12,15,18,32H,6H2,(H,33,34). The van der Waals surface area contributed by atoms with Gasteiger partial charge in [0.05, 0.1) is 39.5 Å². The lowest BCUT2D eigenvalue weighted by molar-refractivity contribution is -0.156. The first-order chi connectivity index (χ1) is 15.8. The number of carbonyl (C=O) groups excluding carboxylic acids is 1. The molecule has 1 aliphatic heterocycles. The van der Waals surface area contributed by atoms with Crippen molar-refractivity contribution in [3.8, 4) is 12.1 Å². The first kappa shape index (κ1) is 25.3. The van der Waals surface area contributed by atoms with E-state index in [0.717, 1.165) is 24.3 Å². The van der Waals surface area contributed by atoms with Gasteiger partial charge in [-0.3, -0.25) is 10.1 Å². The Kier molecular flexibility index (Phi) is 6.78. The van der Waals surface area contributed by atoms with Crippen molar-refractivity contribution in [3.63, 3.8) is 0 Å². The summed E-state index contributed by atoms with van der Waals surface area (Å²) in [5, 5.41) is 21.3. The molecule has 34 heavy (non-hydrogen) atoms. The van der Waals surface area contributed by atoms with Crippen molar-refractivity contribution in [2.75, 3.05) is 5.32 Å². The summed E-state index contributed by atoms with van der Waals surface area (Å²) in [6, 6.07) is 3.34. The van der Waals surface area contributed by atoms with E-state index in [9.17, 15) is 35.5 Å². The van der Waals surface area contributed by atoms with Gasteiger partial charge < -0.3 is 5.32 Å². The van der Waals surface area contributed by atoms with Crippen molar-refractivity contribution in [2.45, 2.75) is 36.8 Å². The van der Waals surface area contributed by atoms with Gasteiger partial charge in [-0.05, 0) is 36.2 Å². The third-order valence-electron chi connectivity index (χ3n) is 5.30. The number of halogens is 8. The predicted octanol–water partition coefficient (Wildman–Crippen LogP) is 5.26. The number of hydrogen-bond donors (Lipinski definition) is 2. The number of rotatable bonds is 3. The normalized spacial score (nSPS) is 20.5. The average molecular weight is 505 g/mol. The fourth-order valence-corrected chi connectivity index (χ4v) is 3.91. The van der Waals surface area contributed by atoms with Gasteiger partial charge in [0.1, 0.15) is 12.1 Å². The summed E-state index contributed by atoms with van der Waals surface area (Å²) in [6.45, 7) is 0. The van der Waals surface area contributed by atoms with Crippen molar-refractivity contribution in [1.29, 1.82) is 10.5 Å². The van der Waals surface area contributed by atoms with Crippen LogP contribution >= 0.6 is 11.6 Å². The maximum Gasteiger partial charge on any atom is 0.417 e. The Morgan fingerprint density at radius 1 is 1.06 bits per heavy atom. The van der Waals surface area contributed by atoms with Crippen molar-refractivity contribution in [2.24, 2.45) is 0 Å². The second kappa shape index (κ2) is 9.12. The Labute approximate surface area is 192 Å². The topological polar surface area (TPSA) is 88.7 Å². The van der Waals surface area contributed by atoms with Crippen LogP contribution in [0.5, 0.6) is 0 Å². The summed E-state index contributed by atoms with van der Waals surface area (Å²) in [5.74, 6) is -3.85. The molecule has 0 aliphatic carbocycles. The van der Waals surface area contributed by atoms with Crippen LogP contribution in [0.1, 0.15) is 34.6 Å². The predicted molar refractivity (Wildman–Crippen MR) is 105 cm³/mol. The number of anilines is 1. The fraction of sp³-hybridized carbons (Fsp3) is 0.286. The molecule has 178 valence electrons. The van der Waals surface area contributed by atoms with E-state index < -0.39 is 70.3 Å². The number of nitriles is 2. The van der Waals surface area contributed by atoms with Crippen molar-refractivity contribution in [3.05, 3.63) is 63.4 Å². The van der Waals surface area contributed by atoms with Crippen LogP contribution in [0.3, 0.4) is 0 Å². The van der Waals surface area contributed by atoms with Crippen LogP contribution in [-0.4, -0.2) is 24.2 Å². The van der Waals surface area contributed by atoms with E-state index >= 15 is 0 Å². The van der Waals surface area contributed by atoms with Crippen LogP contribution in [0.4, 0.5) is 36.4 Å². The quantitative estimate of drug-likeness (QED) is 0.558. The minimum atomic E-state index is -4.98. The SMILES string of the molecule is N#Cc1ccc(C2CC(C(=O)Nc3ccc(C#N)c(Cl)c3F)NC2C(F)(F)F)cc1C(F)(F)F. The minimum absolute atomic E-state index is 0.227. The van der Waals surface area contributed by atoms with E-state index in [4.69, 9.17) is 22.1 Å². The third-order valence-corrected chi connectivity index (χ3v) is 5.67. The van der Waals surface area contributed by atoms with E-state index in [0.29, 0.717) is 6.07 Å². The summed E-state index contributed by atoms with van der Waals surface area (Å²) >= 11 is 5.68. The molecule has 0 aromatic heterocycles. The molecule has 1 saturated heterocycles. The smallest absolute Gasteiger partial charge is 0.322 e. The molecule has 3 atom stereocenters. The lowest BCUT2D eigenvalue weighted by Crippen LogP contribution is -2.46. The van der Waals surface area contributed by atoms with Crippen molar-refractivity contribution in [1.82, 2.24) is 5.32 Å². The number of hydrogen-bond acceptors (Lipinski definition) is 4. The maximum absolute atomic E-state index is 14.3. The minimum Gasteiger partial charge on any atom is -0.322 e. The Morgan fingerprint density at radius 2 is 1.68 bits per heavy atom. The molecule has 0 radical (unpaired) electrons. The van der Waals surface area contributed by atoms with Gasteiger partial charge >= 0.3 is 12.4 Å². The molecule has 2 aromatic rings. The summed E-state index contributed by atoms with van der Waals surface area (Å²) in [5.41, 5.74) is -3.23. The summed E-state index contributed by atoms with van der Waals surface area (Å²) in [4.78, 5) is 12.6. The molecule has 2 aromatic carbocycles. The average Bonchev–Trinajstić information content (AvgIpc) is 3.22. The lowest BCUT2D eigenvalue weighted by atomic mass is 9.88. The second-order valence-electron chi connectivity index (χ2n) is 7.39. The van der Waals surface area contributed by atoms with Crippen molar-refractivity contribution >= 4 is 23.2 Å². The van der Waals surface area contributed by atoms with Crippen molar-refractivity contribution < 1.29 is 35.5 Å². The van der Waals surface area contributed by atoms with E-state index in [1.807, 2.05) is 0 Å². The van der Waals surface area contributed by atoms with E-state index in [-0.39, 0.29) is 11.1 Å². The number of benzene rings is 2. The Hall–Kier alpha value is -3.35. The molecule has 3 unspecified atom stereocenters. The Morgan fingerprint density at radius 3 is 2.24 bits per heavy atom. The highest BCUT2D eigenvalue weighted by atomic mass is 35.5. The van der Waals surface area contributed by atoms with Crippen LogP contribution < -0.4 is 10.6 Å². The molecule has 13 heteroatoms. The van der Waals surface area contributed by atoms with Crippen LogP contribution in [0.15, 0.2) is 30.3 Å². The first-order valence-corrected chi connectivity index (χ1v) is 9.78. The van der Waals surface area contributed by atoms with Crippen LogP contribution in [0.25, 0.3) is 0 Å². The number of carbonyl (C=O) groups is 1. The van der Waals surface area contributed by atoms with Gasteiger partial charge in [-0.1, -0.05) is 17.7 Å². The monoisotopic (exact) mass is 504 g/mol. The van der Waals surface area contributed by atoms with Gasteiger partial charge in [0.15, 0.2) is 5.82 Å². The molecule has 1 aliphatic rings. The number of alkyl halides is 6. The largest absolute Gasteiger partial charge is 0.417 e. The molecule has 0 saturated carbocycles. The lowest BCUT2D eigenvalue weighted by Gasteiger charge is -2.23. The molecule has 0 spiro atoms. The van der Waals surface area contributed by atoms with Gasteiger partial charge in [-0.25, -0.2) is 4.39 Å². The van der Waals surface area contributed by atoms with Crippen LogP contribution in [-0.2, 0) is 11.0 Å². The van der Waals surface area contributed by atoms with Gasteiger partial charge in [0.25, 0.3) is 0 Å². The molecule has 1 fully saturated rings. The van der Waals surface area contributed by atoms with Gasteiger partial charge in [-0.2, -0.15) is 36.9 Å². The van der Waals surface area contributed by atoms with E-state index in [1.54, 1.807) is 6.07 Å². The molecule has 3 rings (SSSR count). The maximum atomic E-state index is 14.3. The fourth-order valence-electron chi connectivity index (χ4n) is 3.70. The summed E-state index contributed by atoms with van der Waals surface area (Å²) < 4.78 is 95.1. The summed E-state index contributed by atoms with van der Waals surface area (Å²) in [6.07, 6.45) is -10.5. The van der Waals surface area contributed by atoms with Gasteiger partial charge in [-0.15, -0.1) is 0 Å². The molecule has 0 bridgehead atoms. The third kappa shape index (κ3) is 4.93. The zero-order valence-electron chi connectivity index (χ0n) is 16.7. The molecule has 2 N–H and O–H groups in total. The highest BCUT2D eigenvalue weighted by Crippen LogP contribution is 2.42. The van der Waals surface area contributed by atoms with E-state index in [1.165, 1.54) is 6.07 Å². The highest BCUT2D eigenvalue weighted by molar-refractivity contribution is 6.32. The molecular formula is C21H12ClF7N4O. The second-order valence-corrected chi connectivity index (χ2v) is 7.76. The molecule has 5 nitrogen and oxygen atoms in total. The number of amides is 1. The number of nitrogens with zero attached hydrogens (tertiary/aromatic N) is 2. The summed E-state index contributed by atoms with van der Waals surface area (Å²) in [7, 11) is 0. The first-order valence-electron chi connectivity index (χ1n) is 9.41. The molecular weight excluding hydrogens is 493 g/mol. The number of nitrogens with one attached hydrogen (secondary N) is 2.